The van der Waals surface area contributed by atoms with Gasteiger partial charge in [0, 0.05) is 13.2 Å². The summed E-state index contributed by atoms with van der Waals surface area (Å²) in [5, 5.41) is 33.9. The van der Waals surface area contributed by atoms with Gasteiger partial charge in [-0.3, -0.25) is 10.2 Å². The third kappa shape index (κ3) is 6.15. The number of hydrogen-bond acceptors (Lipinski definition) is 6. The molecular weight excluding hydrogens is 380 g/mol. The molecule has 0 aliphatic rings. The number of aromatic hydroxyl groups is 1. The zero-order valence-corrected chi connectivity index (χ0v) is 17.7. The molecule has 0 radical (unpaired) electrons. The standard InChI is InChI=1S/C23H30N4O3/c1-15-7-4-8-16(2)19(15)12-11-18-9-5-10-20(22(18)29)26-27-21(17(3)24)23(30)25-13-6-14-28/h4-5,7-10,24,26,28-29H,6,11-14H2,1-3H3,(H,25,30)/b24-17?,27-21-. The molecule has 2 rings (SSSR count). The van der Waals surface area contributed by atoms with Crippen molar-refractivity contribution < 1.29 is 15.0 Å². The maximum Gasteiger partial charge on any atom is 0.273 e. The Morgan fingerprint density at radius 1 is 1.10 bits per heavy atom. The SMILES string of the molecule is CC(=N)/C(=N/Nc1cccc(CCc2c(C)cccc2C)c1O)C(=O)NCCCO. The Morgan fingerprint density at radius 2 is 1.77 bits per heavy atom. The van der Waals surface area contributed by atoms with Crippen LogP contribution in [0, 0.1) is 19.3 Å². The minimum absolute atomic E-state index is 0.00493. The second kappa shape index (κ2) is 11.1. The number of phenols is 1. The first-order valence-corrected chi connectivity index (χ1v) is 9.99. The van der Waals surface area contributed by atoms with Crippen molar-refractivity contribution in [3.63, 3.8) is 0 Å². The normalized spacial score (nSPS) is 11.3. The predicted octanol–water partition coefficient (Wildman–Crippen LogP) is 3.10. The fourth-order valence-electron chi connectivity index (χ4n) is 3.17. The summed E-state index contributed by atoms with van der Waals surface area (Å²) < 4.78 is 0. The van der Waals surface area contributed by atoms with Crippen molar-refractivity contribution in [1.82, 2.24) is 5.32 Å². The number of amides is 1. The summed E-state index contributed by atoms with van der Waals surface area (Å²) in [6, 6.07) is 11.6. The van der Waals surface area contributed by atoms with Crippen molar-refractivity contribution >= 4 is 23.0 Å². The van der Waals surface area contributed by atoms with Gasteiger partial charge in [0.05, 0.1) is 11.4 Å². The molecule has 2 aromatic rings. The van der Waals surface area contributed by atoms with Gasteiger partial charge in [-0.25, -0.2) is 0 Å². The van der Waals surface area contributed by atoms with Crippen LogP contribution in [0.15, 0.2) is 41.5 Å². The number of aryl methyl sites for hydroxylation is 3. The minimum atomic E-state index is -0.505. The monoisotopic (exact) mass is 410 g/mol. The highest BCUT2D eigenvalue weighted by molar-refractivity contribution is 6.66. The Labute approximate surface area is 177 Å². The quantitative estimate of drug-likeness (QED) is 0.179. The molecule has 0 saturated carbocycles. The number of aliphatic hydroxyl groups is 1. The number of phenolic OH excluding ortho intramolecular Hbond substituents is 1. The third-order valence-electron chi connectivity index (χ3n) is 4.89. The van der Waals surface area contributed by atoms with Gasteiger partial charge in [-0.15, -0.1) is 0 Å². The van der Waals surface area contributed by atoms with Crippen LogP contribution in [0.4, 0.5) is 5.69 Å². The highest BCUT2D eigenvalue weighted by Crippen LogP contribution is 2.29. The average molecular weight is 411 g/mol. The molecule has 0 aliphatic carbocycles. The number of hydrogen-bond donors (Lipinski definition) is 5. The molecule has 5 N–H and O–H groups in total. The molecule has 0 spiro atoms. The van der Waals surface area contributed by atoms with Gasteiger partial charge in [-0.1, -0.05) is 30.3 Å². The Balaban J connectivity index is 2.14. The second-order valence-corrected chi connectivity index (χ2v) is 7.21. The maximum atomic E-state index is 12.2. The van der Waals surface area contributed by atoms with E-state index in [0.29, 0.717) is 25.1 Å². The zero-order valence-electron chi connectivity index (χ0n) is 17.7. The van der Waals surface area contributed by atoms with Crippen molar-refractivity contribution in [1.29, 1.82) is 5.41 Å². The third-order valence-corrected chi connectivity index (χ3v) is 4.89. The van der Waals surface area contributed by atoms with Crippen molar-refractivity contribution in [2.75, 3.05) is 18.6 Å². The summed E-state index contributed by atoms with van der Waals surface area (Å²) in [4.78, 5) is 12.2. The Hall–Kier alpha value is -3.19. The Bertz CT molecular complexity index is 918. The van der Waals surface area contributed by atoms with Gasteiger partial charge in [0.2, 0.25) is 0 Å². The number of para-hydroxylation sites is 1. The second-order valence-electron chi connectivity index (χ2n) is 7.21. The Kier molecular flexibility index (Phi) is 8.55. The van der Waals surface area contributed by atoms with Crippen LogP contribution < -0.4 is 10.7 Å². The number of nitrogens with one attached hydrogen (secondary N) is 3. The highest BCUT2D eigenvalue weighted by atomic mass is 16.3. The molecule has 0 unspecified atom stereocenters. The van der Waals surface area contributed by atoms with Gasteiger partial charge in [-0.2, -0.15) is 5.10 Å². The lowest BCUT2D eigenvalue weighted by Crippen LogP contribution is -2.36. The van der Waals surface area contributed by atoms with Crippen LogP contribution >= 0.6 is 0 Å². The molecule has 0 fully saturated rings. The van der Waals surface area contributed by atoms with Crippen molar-refractivity contribution in [2.24, 2.45) is 5.10 Å². The number of carbonyl (C=O) groups is 1. The Morgan fingerprint density at radius 3 is 2.40 bits per heavy atom. The molecule has 0 aliphatic heterocycles. The maximum absolute atomic E-state index is 12.2. The van der Waals surface area contributed by atoms with Crippen LogP contribution in [0.1, 0.15) is 35.6 Å². The molecule has 2 aromatic carbocycles. The molecule has 0 atom stereocenters. The number of aliphatic hydroxyl groups excluding tert-OH is 1. The van der Waals surface area contributed by atoms with E-state index in [1.807, 2.05) is 18.2 Å². The van der Waals surface area contributed by atoms with Crippen LogP contribution in [-0.2, 0) is 17.6 Å². The fourth-order valence-corrected chi connectivity index (χ4v) is 3.17. The van der Waals surface area contributed by atoms with Crippen LogP contribution in [0.2, 0.25) is 0 Å². The van der Waals surface area contributed by atoms with Crippen LogP contribution in [0.3, 0.4) is 0 Å². The molecule has 0 heterocycles. The lowest BCUT2D eigenvalue weighted by Gasteiger charge is -2.13. The molecule has 7 nitrogen and oxygen atoms in total. The smallest absolute Gasteiger partial charge is 0.273 e. The predicted molar refractivity (Wildman–Crippen MR) is 121 cm³/mol. The fraction of sp³-hybridized carbons (Fsp3) is 0.348. The molecule has 1 amide bonds. The van der Waals surface area contributed by atoms with E-state index in [1.54, 1.807) is 6.07 Å². The van der Waals surface area contributed by atoms with E-state index in [-0.39, 0.29) is 23.8 Å². The first kappa shape index (κ1) is 23.1. The van der Waals surface area contributed by atoms with Crippen LogP contribution in [0.25, 0.3) is 0 Å². The number of carbonyl (C=O) groups excluding carboxylic acids is 1. The summed E-state index contributed by atoms with van der Waals surface area (Å²) in [5.41, 5.74) is 7.51. The van der Waals surface area contributed by atoms with E-state index < -0.39 is 5.91 Å². The summed E-state index contributed by atoms with van der Waals surface area (Å²) in [6.45, 7) is 5.90. The first-order chi connectivity index (χ1) is 14.3. The summed E-state index contributed by atoms with van der Waals surface area (Å²) in [7, 11) is 0. The van der Waals surface area contributed by atoms with Gasteiger partial charge in [-0.05, 0) is 68.4 Å². The number of hydrazone groups is 1. The molecule has 0 bridgehead atoms. The number of anilines is 1. The molecule has 160 valence electrons. The summed E-state index contributed by atoms with van der Waals surface area (Å²) in [5.74, 6) is -0.427. The number of benzene rings is 2. The number of rotatable bonds is 10. The first-order valence-electron chi connectivity index (χ1n) is 9.99. The van der Waals surface area contributed by atoms with Crippen LogP contribution in [0.5, 0.6) is 5.75 Å². The van der Waals surface area contributed by atoms with E-state index in [1.165, 1.54) is 23.6 Å². The van der Waals surface area contributed by atoms with Gasteiger partial charge < -0.3 is 20.9 Å². The van der Waals surface area contributed by atoms with E-state index >= 15 is 0 Å². The van der Waals surface area contributed by atoms with E-state index in [9.17, 15) is 9.90 Å². The molecule has 0 aromatic heterocycles. The van der Waals surface area contributed by atoms with Gasteiger partial charge in [0.25, 0.3) is 5.91 Å². The molecular formula is C23H30N4O3. The van der Waals surface area contributed by atoms with Crippen LogP contribution in [-0.4, -0.2) is 40.7 Å². The van der Waals surface area contributed by atoms with Gasteiger partial charge in [0.15, 0.2) is 5.71 Å². The minimum Gasteiger partial charge on any atom is -0.505 e. The average Bonchev–Trinajstić information content (AvgIpc) is 2.70. The van der Waals surface area contributed by atoms with Gasteiger partial charge >= 0.3 is 0 Å². The van der Waals surface area contributed by atoms with E-state index in [4.69, 9.17) is 10.5 Å². The zero-order chi connectivity index (χ0) is 22.1. The number of nitrogens with zero attached hydrogens (tertiary/aromatic N) is 1. The highest BCUT2D eigenvalue weighted by Gasteiger charge is 2.14. The lowest BCUT2D eigenvalue weighted by molar-refractivity contribution is -0.114. The van der Waals surface area contributed by atoms with E-state index in [2.05, 4.69) is 41.8 Å². The van der Waals surface area contributed by atoms with Gasteiger partial charge in [0.1, 0.15) is 5.75 Å². The van der Waals surface area contributed by atoms with Crippen molar-refractivity contribution in [3.8, 4) is 5.75 Å². The molecule has 0 saturated heterocycles. The lowest BCUT2D eigenvalue weighted by atomic mass is 9.96. The van der Waals surface area contributed by atoms with E-state index in [0.717, 1.165) is 12.0 Å². The van der Waals surface area contributed by atoms with Crippen molar-refractivity contribution in [3.05, 3.63) is 58.7 Å². The summed E-state index contributed by atoms with van der Waals surface area (Å²) in [6.07, 6.45) is 1.89. The molecule has 7 heteroatoms. The summed E-state index contributed by atoms with van der Waals surface area (Å²) >= 11 is 0. The van der Waals surface area contributed by atoms with Crippen molar-refractivity contribution in [2.45, 2.75) is 40.0 Å². The largest absolute Gasteiger partial charge is 0.505 e. The molecule has 30 heavy (non-hydrogen) atoms. The topological polar surface area (TPSA) is 118 Å².